The Hall–Kier alpha value is -1.94. The molecule has 0 unspecified atom stereocenters. The third kappa shape index (κ3) is 2.53. The number of rotatable bonds is 3. The van der Waals surface area contributed by atoms with Crippen molar-refractivity contribution in [1.29, 1.82) is 0 Å². The molecule has 1 nitrogen and oxygen atoms in total. The van der Waals surface area contributed by atoms with E-state index >= 15 is 0 Å². The van der Waals surface area contributed by atoms with E-state index in [0.29, 0.717) is 5.57 Å². The van der Waals surface area contributed by atoms with Crippen molar-refractivity contribution in [3.8, 4) is 12.3 Å². The van der Waals surface area contributed by atoms with Gasteiger partial charge >= 0.3 is 0 Å². The summed E-state index contributed by atoms with van der Waals surface area (Å²) in [7, 11) is 1.89. The summed E-state index contributed by atoms with van der Waals surface area (Å²) in [6.07, 6.45) is 8.97. The van der Waals surface area contributed by atoms with Crippen LogP contribution in [0, 0.1) is 12.3 Å². The maximum absolute atomic E-state index is 5.19. The number of anilines is 1. The van der Waals surface area contributed by atoms with E-state index in [1.165, 1.54) is 0 Å². The number of nitrogens with one attached hydrogen (secondary N) is 1. The van der Waals surface area contributed by atoms with Gasteiger partial charge in [-0.05, 0) is 17.7 Å². The molecule has 1 heteroatoms. The summed E-state index contributed by atoms with van der Waals surface area (Å²) in [5.74, 6) is 2.47. The molecule has 0 saturated carbocycles. The van der Waals surface area contributed by atoms with E-state index in [-0.39, 0.29) is 0 Å². The molecule has 0 saturated heterocycles. The van der Waals surface area contributed by atoms with Crippen LogP contribution in [0.3, 0.4) is 0 Å². The molecule has 0 bridgehead atoms. The minimum atomic E-state index is 0.677. The van der Waals surface area contributed by atoms with Gasteiger partial charge in [0.2, 0.25) is 0 Å². The predicted octanol–water partition coefficient (Wildman–Crippen LogP) is 2.93. The summed E-state index contributed by atoms with van der Waals surface area (Å²) in [5, 5.41) is 3.10. The normalized spacial score (nSPS) is 9.71. The van der Waals surface area contributed by atoms with Gasteiger partial charge in [0.05, 0.1) is 0 Å². The zero-order valence-electron chi connectivity index (χ0n) is 8.25. The first kappa shape index (κ1) is 10.1. The quantitative estimate of drug-likeness (QED) is 0.561. The molecule has 0 aliphatic carbocycles. The second-order valence-corrected chi connectivity index (χ2v) is 2.84. The van der Waals surface area contributed by atoms with Crippen LogP contribution in [0.15, 0.2) is 42.5 Å². The molecule has 0 aliphatic rings. The largest absolute Gasteiger partial charge is 0.388 e. The van der Waals surface area contributed by atoms with E-state index in [1.807, 2.05) is 43.5 Å². The monoisotopic (exact) mass is 183 g/mol. The molecule has 0 spiro atoms. The second-order valence-electron chi connectivity index (χ2n) is 2.84. The van der Waals surface area contributed by atoms with Crippen LogP contribution in [-0.4, -0.2) is 7.05 Å². The predicted molar refractivity (Wildman–Crippen MR) is 63.0 cm³/mol. The highest BCUT2D eigenvalue weighted by atomic mass is 14.8. The zero-order chi connectivity index (χ0) is 10.4. The summed E-state index contributed by atoms with van der Waals surface area (Å²) in [4.78, 5) is 0. The Morgan fingerprint density at radius 2 is 2.21 bits per heavy atom. The van der Waals surface area contributed by atoms with Crippen LogP contribution in [0.5, 0.6) is 0 Å². The molecule has 0 amide bonds. The third-order valence-electron chi connectivity index (χ3n) is 1.88. The van der Waals surface area contributed by atoms with Gasteiger partial charge < -0.3 is 5.32 Å². The standard InChI is InChI=1S/C13H13N/c1-4-11(2)9-10-12-7-5-6-8-13(12)14-3/h1,5-10,14H,2H2,3H3/b10-9-. The van der Waals surface area contributed by atoms with E-state index < -0.39 is 0 Å². The Kier molecular flexibility index (Phi) is 3.58. The Bertz CT molecular complexity index is 394. The van der Waals surface area contributed by atoms with Gasteiger partial charge in [-0.15, -0.1) is 6.42 Å². The Labute approximate surface area is 85.2 Å². The molecule has 0 atom stereocenters. The molecular weight excluding hydrogens is 170 g/mol. The Morgan fingerprint density at radius 3 is 2.86 bits per heavy atom. The fourth-order valence-electron chi connectivity index (χ4n) is 1.11. The Morgan fingerprint density at radius 1 is 1.50 bits per heavy atom. The first-order valence-corrected chi connectivity index (χ1v) is 4.38. The molecule has 0 fully saturated rings. The SMILES string of the molecule is C#CC(=C)/C=C\c1ccccc1NC. The van der Waals surface area contributed by atoms with Crippen molar-refractivity contribution in [3.05, 3.63) is 48.1 Å². The van der Waals surface area contributed by atoms with E-state index in [9.17, 15) is 0 Å². The maximum atomic E-state index is 5.19. The molecular formula is C13H13N. The number of hydrogen-bond donors (Lipinski definition) is 1. The topological polar surface area (TPSA) is 12.0 Å². The average Bonchev–Trinajstić information content (AvgIpc) is 2.26. The van der Waals surface area contributed by atoms with E-state index in [4.69, 9.17) is 6.42 Å². The molecule has 1 aromatic rings. The lowest BCUT2D eigenvalue weighted by molar-refractivity contribution is 1.49. The number of benzene rings is 1. The van der Waals surface area contributed by atoms with Crippen LogP contribution in [-0.2, 0) is 0 Å². The van der Waals surface area contributed by atoms with Crippen molar-refractivity contribution < 1.29 is 0 Å². The summed E-state index contributed by atoms with van der Waals surface area (Å²) in [5.41, 5.74) is 2.86. The summed E-state index contributed by atoms with van der Waals surface area (Å²) in [6.45, 7) is 3.70. The minimum Gasteiger partial charge on any atom is -0.388 e. The lowest BCUT2D eigenvalue weighted by atomic mass is 10.1. The lowest BCUT2D eigenvalue weighted by Gasteiger charge is -2.03. The highest BCUT2D eigenvalue weighted by molar-refractivity contribution is 5.68. The van der Waals surface area contributed by atoms with E-state index in [2.05, 4.69) is 17.8 Å². The van der Waals surface area contributed by atoms with Crippen LogP contribution < -0.4 is 5.32 Å². The van der Waals surface area contributed by atoms with Crippen LogP contribution in [0.2, 0.25) is 0 Å². The van der Waals surface area contributed by atoms with Gasteiger partial charge in [0, 0.05) is 18.3 Å². The molecule has 1 N–H and O–H groups in total. The molecule has 0 aliphatic heterocycles. The van der Waals surface area contributed by atoms with Crippen molar-refractivity contribution in [1.82, 2.24) is 0 Å². The van der Waals surface area contributed by atoms with Crippen molar-refractivity contribution in [2.75, 3.05) is 12.4 Å². The average molecular weight is 183 g/mol. The van der Waals surface area contributed by atoms with Gasteiger partial charge in [-0.3, -0.25) is 0 Å². The second kappa shape index (κ2) is 4.94. The van der Waals surface area contributed by atoms with Crippen LogP contribution in [0.1, 0.15) is 5.56 Å². The first-order valence-electron chi connectivity index (χ1n) is 4.38. The van der Waals surface area contributed by atoms with Crippen molar-refractivity contribution in [3.63, 3.8) is 0 Å². The fraction of sp³-hybridized carbons (Fsp3) is 0.0769. The van der Waals surface area contributed by atoms with Gasteiger partial charge in [0.25, 0.3) is 0 Å². The van der Waals surface area contributed by atoms with E-state index in [0.717, 1.165) is 11.3 Å². The molecule has 14 heavy (non-hydrogen) atoms. The highest BCUT2D eigenvalue weighted by Crippen LogP contribution is 2.16. The van der Waals surface area contributed by atoms with Gasteiger partial charge in [-0.1, -0.05) is 36.8 Å². The first-order chi connectivity index (χ1) is 6.77. The van der Waals surface area contributed by atoms with Crippen molar-refractivity contribution in [2.45, 2.75) is 0 Å². The molecule has 0 heterocycles. The lowest BCUT2D eigenvalue weighted by Crippen LogP contribution is -1.90. The number of terminal acetylenes is 1. The molecule has 1 rings (SSSR count). The van der Waals surface area contributed by atoms with E-state index in [1.54, 1.807) is 0 Å². The summed E-state index contributed by atoms with van der Waals surface area (Å²) in [6, 6.07) is 8.00. The van der Waals surface area contributed by atoms with Crippen molar-refractivity contribution in [2.24, 2.45) is 0 Å². The summed E-state index contributed by atoms with van der Waals surface area (Å²) < 4.78 is 0. The smallest absolute Gasteiger partial charge is 0.0411 e. The Balaban J connectivity index is 2.92. The molecule has 70 valence electrons. The van der Waals surface area contributed by atoms with Gasteiger partial charge in [0.15, 0.2) is 0 Å². The molecule has 0 radical (unpaired) electrons. The highest BCUT2D eigenvalue weighted by Gasteiger charge is 1.93. The fourth-order valence-corrected chi connectivity index (χ4v) is 1.11. The van der Waals surface area contributed by atoms with Gasteiger partial charge in [0.1, 0.15) is 0 Å². The van der Waals surface area contributed by atoms with Gasteiger partial charge in [-0.2, -0.15) is 0 Å². The number of hydrogen-bond acceptors (Lipinski definition) is 1. The molecule has 1 aromatic carbocycles. The van der Waals surface area contributed by atoms with Crippen LogP contribution in [0.4, 0.5) is 5.69 Å². The maximum Gasteiger partial charge on any atom is 0.0411 e. The van der Waals surface area contributed by atoms with Crippen LogP contribution in [0.25, 0.3) is 6.08 Å². The summed E-state index contributed by atoms with van der Waals surface area (Å²) >= 11 is 0. The zero-order valence-corrected chi connectivity index (χ0v) is 8.25. The number of allylic oxidation sites excluding steroid dienone is 2. The minimum absolute atomic E-state index is 0.677. The van der Waals surface area contributed by atoms with Crippen LogP contribution >= 0.6 is 0 Å². The van der Waals surface area contributed by atoms with Gasteiger partial charge in [-0.25, -0.2) is 0 Å². The number of para-hydroxylation sites is 1. The van der Waals surface area contributed by atoms with Crippen molar-refractivity contribution >= 4 is 11.8 Å². The third-order valence-corrected chi connectivity index (χ3v) is 1.88. The molecule has 0 aromatic heterocycles.